The first-order valence-electron chi connectivity index (χ1n) is 3.50. The van der Waals surface area contributed by atoms with Gasteiger partial charge in [0.2, 0.25) is 5.82 Å². The van der Waals surface area contributed by atoms with E-state index in [9.17, 15) is 22.0 Å². The van der Waals surface area contributed by atoms with E-state index in [1.54, 1.807) is 0 Å². The van der Waals surface area contributed by atoms with Crippen molar-refractivity contribution in [3.63, 3.8) is 0 Å². The lowest BCUT2D eigenvalue weighted by molar-refractivity contribution is 0.383. The molecular formula is C6H5F5OSi2. The Kier molecular flexibility index (Phi) is 3.40. The van der Waals surface area contributed by atoms with Crippen LogP contribution >= 0.6 is 0 Å². The normalized spacial score (nSPS) is 11.8. The third-order valence-corrected chi connectivity index (χ3v) is 3.65. The van der Waals surface area contributed by atoms with E-state index in [0.29, 0.717) is 0 Å². The molecule has 1 aromatic carbocycles. The first-order valence-corrected chi connectivity index (χ1v) is 5.60. The van der Waals surface area contributed by atoms with Crippen LogP contribution < -0.4 is 5.19 Å². The van der Waals surface area contributed by atoms with Crippen molar-refractivity contribution in [2.75, 3.05) is 0 Å². The van der Waals surface area contributed by atoms with Crippen LogP contribution in [0, 0.1) is 29.1 Å². The molecule has 0 fully saturated rings. The summed E-state index contributed by atoms with van der Waals surface area (Å²) in [5, 5.41) is -0.795. The van der Waals surface area contributed by atoms with E-state index in [1.165, 1.54) is 0 Å². The molecule has 0 radical (unpaired) electrons. The standard InChI is InChI=1S/C6H5F5OSi2/c7-1-2(8)4(10)6(14-12-13)5(11)3(1)9/h14H2,13H3. The fourth-order valence-electron chi connectivity index (χ4n) is 0.921. The van der Waals surface area contributed by atoms with Gasteiger partial charge in [-0.1, -0.05) is 0 Å². The summed E-state index contributed by atoms with van der Waals surface area (Å²) < 4.78 is 67.8. The zero-order chi connectivity index (χ0) is 10.9. The molecule has 0 aliphatic rings. The molecule has 0 N–H and O–H groups in total. The van der Waals surface area contributed by atoms with Gasteiger partial charge in [0.05, 0.1) is 0 Å². The summed E-state index contributed by atoms with van der Waals surface area (Å²) in [6, 6.07) is 0. The van der Waals surface area contributed by atoms with Gasteiger partial charge in [0.15, 0.2) is 33.0 Å². The van der Waals surface area contributed by atoms with E-state index in [1.807, 2.05) is 0 Å². The first-order chi connectivity index (χ1) is 6.50. The third-order valence-electron chi connectivity index (χ3n) is 1.59. The van der Waals surface area contributed by atoms with Crippen LogP contribution in [0.5, 0.6) is 0 Å². The van der Waals surface area contributed by atoms with Crippen molar-refractivity contribution in [3.05, 3.63) is 29.1 Å². The van der Waals surface area contributed by atoms with Crippen molar-refractivity contribution in [3.8, 4) is 0 Å². The molecular weight excluding hydrogens is 239 g/mol. The molecule has 0 saturated carbocycles. The van der Waals surface area contributed by atoms with Gasteiger partial charge in [-0.05, 0) is 0 Å². The minimum atomic E-state index is -2.13. The molecule has 0 atom stereocenters. The van der Waals surface area contributed by atoms with Crippen LogP contribution in [0.3, 0.4) is 0 Å². The highest BCUT2D eigenvalue weighted by atomic mass is 28.3. The maximum Gasteiger partial charge on any atom is 0.200 e. The quantitative estimate of drug-likeness (QED) is 0.292. The lowest BCUT2D eigenvalue weighted by atomic mass is 10.3. The molecule has 0 heterocycles. The van der Waals surface area contributed by atoms with Gasteiger partial charge in [0, 0.05) is 5.19 Å². The van der Waals surface area contributed by atoms with E-state index in [2.05, 4.69) is 4.12 Å². The van der Waals surface area contributed by atoms with Crippen LogP contribution in [0.15, 0.2) is 0 Å². The van der Waals surface area contributed by atoms with Crippen molar-refractivity contribution in [1.29, 1.82) is 0 Å². The van der Waals surface area contributed by atoms with Gasteiger partial charge in [-0.3, -0.25) is 0 Å². The Hall–Kier alpha value is -0.736. The lowest BCUT2D eigenvalue weighted by Crippen LogP contribution is -2.28. The molecule has 0 amide bonds. The van der Waals surface area contributed by atoms with Crippen LogP contribution in [0.2, 0.25) is 0 Å². The summed E-state index contributed by atoms with van der Waals surface area (Å²) >= 11 is 0. The van der Waals surface area contributed by atoms with E-state index >= 15 is 0 Å². The van der Waals surface area contributed by atoms with E-state index in [-0.39, 0.29) is 10.5 Å². The molecule has 0 aliphatic heterocycles. The fraction of sp³-hybridized carbons (Fsp3) is 0. The topological polar surface area (TPSA) is 9.23 Å². The minimum Gasteiger partial charge on any atom is -0.464 e. The van der Waals surface area contributed by atoms with Crippen LogP contribution in [0.4, 0.5) is 22.0 Å². The third kappa shape index (κ3) is 1.72. The Morgan fingerprint density at radius 1 is 0.786 bits per heavy atom. The second-order valence-electron chi connectivity index (χ2n) is 2.48. The highest BCUT2D eigenvalue weighted by molar-refractivity contribution is 6.50. The van der Waals surface area contributed by atoms with Crippen molar-refractivity contribution in [2.45, 2.75) is 0 Å². The molecule has 0 unspecified atom stereocenters. The van der Waals surface area contributed by atoms with Gasteiger partial charge >= 0.3 is 0 Å². The highest BCUT2D eigenvalue weighted by Gasteiger charge is 2.25. The predicted octanol–water partition coefficient (Wildman–Crippen LogP) is -0.612. The second kappa shape index (κ2) is 4.19. The SMILES string of the molecule is Fc1c(F)c(F)c([SiH2]O[SiH3])c(F)c1F. The Labute approximate surface area is 81.4 Å². The number of hydrogen-bond acceptors (Lipinski definition) is 1. The summed E-state index contributed by atoms with van der Waals surface area (Å²) in [5.74, 6) is -9.51. The molecule has 1 nitrogen and oxygen atoms in total. The smallest absolute Gasteiger partial charge is 0.200 e. The molecule has 0 saturated heterocycles. The zero-order valence-electron chi connectivity index (χ0n) is 7.01. The average Bonchev–Trinajstić information content (AvgIpc) is 2.19. The van der Waals surface area contributed by atoms with Gasteiger partial charge in [-0.15, -0.1) is 0 Å². The number of benzene rings is 1. The van der Waals surface area contributed by atoms with E-state index < -0.39 is 44.0 Å². The van der Waals surface area contributed by atoms with Gasteiger partial charge in [-0.25, -0.2) is 22.0 Å². The van der Waals surface area contributed by atoms with Gasteiger partial charge in [0.25, 0.3) is 0 Å². The molecule has 0 aromatic heterocycles. The summed E-state index contributed by atoms with van der Waals surface area (Å²) in [5.41, 5.74) is 0. The number of halogens is 5. The number of hydrogen-bond donors (Lipinski definition) is 0. The Morgan fingerprint density at radius 3 is 1.50 bits per heavy atom. The Balaban J connectivity index is 3.43. The Bertz CT molecular complexity index is 341. The monoisotopic (exact) mass is 244 g/mol. The van der Waals surface area contributed by atoms with Crippen LogP contribution in [0.25, 0.3) is 0 Å². The van der Waals surface area contributed by atoms with Crippen LogP contribution in [-0.4, -0.2) is 20.2 Å². The van der Waals surface area contributed by atoms with Crippen LogP contribution in [0.1, 0.15) is 0 Å². The lowest BCUT2D eigenvalue weighted by Gasteiger charge is -2.06. The first kappa shape index (κ1) is 11.3. The van der Waals surface area contributed by atoms with Gasteiger partial charge in [0.1, 0.15) is 10.5 Å². The summed E-state index contributed by atoms with van der Waals surface area (Å²) in [7, 11) is -1.65. The minimum absolute atomic E-state index is 0.203. The summed E-state index contributed by atoms with van der Waals surface area (Å²) in [6.07, 6.45) is 0. The summed E-state index contributed by atoms with van der Waals surface area (Å²) in [6.45, 7) is 0. The maximum atomic E-state index is 12.8. The molecule has 8 heteroatoms. The molecule has 1 aromatic rings. The van der Waals surface area contributed by atoms with Crippen molar-refractivity contribution >= 4 is 25.4 Å². The zero-order valence-corrected chi connectivity index (χ0v) is 10.4. The Morgan fingerprint density at radius 2 is 1.14 bits per heavy atom. The molecule has 0 aliphatic carbocycles. The van der Waals surface area contributed by atoms with Gasteiger partial charge in [-0.2, -0.15) is 0 Å². The molecule has 1 rings (SSSR count). The fourth-order valence-corrected chi connectivity index (χ4v) is 2.64. The maximum absolute atomic E-state index is 12.8. The van der Waals surface area contributed by atoms with Crippen molar-refractivity contribution in [1.82, 2.24) is 0 Å². The largest absolute Gasteiger partial charge is 0.464 e. The van der Waals surface area contributed by atoms with Crippen molar-refractivity contribution in [2.24, 2.45) is 0 Å². The second-order valence-corrected chi connectivity index (χ2v) is 5.79. The van der Waals surface area contributed by atoms with Crippen LogP contribution in [-0.2, 0) is 4.12 Å². The van der Waals surface area contributed by atoms with Gasteiger partial charge < -0.3 is 4.12 Å². The number of rotatable bonds is 2. The predicted molar refractivity (Wildman–Crippen MR) is 45.4 cm³/mol. The highest BCUT2D eigenvalue weighted by Crippen LogP contribution is 2.15. The molecule has 14 heavy (non-hydrogen) atoms. The molecule has 78 valence electrons. The average molecular weight is 244 g/mol. The van der Waals surface area contributed by atoms with E-state index in [4.69, 9.17) is 0 Å². The molecule has 0 bridgehead atoms. The van der Waals surface area contributed by atoms with Crippen molar-refractivity contribution < 1.29 is 26.1 Å². The molecule has 0 spiro atoms. The summed E-state index contributed by atoms with van der Waals surface area (Å²) in [4.78, 5) is 0. The van der Waals surface area contributed by atoms with E-state index in [0.717, 1.165) is 0 Å².